The van der Waals surface area contributed by atoms with E-state index in [2.05, 4.69) is 27.4 Å². The predicted molar refractivity (Wildman–Crippen MR) is 81.9 cm³/mol. The highest BCUT2D eigenvalue weighted by atomic mass is 19.3. The number of alkyl halides is 4. The Balaban J connectivity index is 5.29. The van der Waals surface area contributed by atoms with Gasteiger partial charge < -0.3 is 24.6 Å². The van der Waals surface area contributed by atoms with Crippen molar-refractivity contribution in [1.82, 2.24) is 5.32 Å². The summed E-state index contributed by atoms with van der Waals surface area (Å²) in [6, 6.07) is 0. The van der Waals surface area contributed by atoms with E-state index in [4.69, 9.17) is 5.11 Å². The first kappa shape index (κ1) is 24.4. The quantitative estimate of drug-likeness (QED) is 0.247. The van der Waals surface area contributed by atoms with E-state index < -0.39 is 54.9 Å². The predicted octanol–water partition coefficient (Wildman–Crippen LogP) is 1.54. The zero-order valence-corrected chi connectivity index (χ0v) is 14.5. The second kappa shape index (κ2) is 9.35. The fraction of sp³-hybridized carbons (Fsp3) is 0.533. The number of amides is 1. The first-order valence-electron chi connectivity index (χ1n) is 7.20. The number of carbonyl (C=O) groups excluding carboxylic acids is 3. The molecule has 0 bridgehead atoms. The molecule has 0 saturated carbocycles. The number of rotatable bonds is 10. The molecule has 0 aliphatic rings. The van der Waals surface area contributed by atoms with E-state index >= 15 is 0 Å². The van der Waals surface area contributed by atoms with E-state index in [1.165, 1.54) is 0 Å². The van der Waals surface area contributed by atoms with Crippen LogP contribution in [-0.2, 0) is 23.8 Å². The van der Waals surface area contributed by atoms with Crippen LogP contribution < -0.4 is 5.32 Å². The van der Waals surface area contributed by atoms with Crippen LogP contribution in [0.3, 0.4) is 0 Å². The molecule has 0 fully saturated rings. The Morgan fingerprint density at radius 3 is 1.74 bits per heavy atom. The molecule has 12 heteroatoms. The van der Waals surface area contributed by atoms with Crippen molar-refractivity contribution in [2.75, 3.05) is 13.2 Å². The van der Waals surface area contributed by atoms with Crippen LogP contribution in [0.1, 0.15) is 13.8 Å². The summed E-state index contributed by atoms with van der Waals surface area (Å²) in [7, 11) is 0. The average molecular weight is 401 g/mol. The lowest BCUT2D eigenvalue weighted by Crippen LogP contribution is -2.57. The van der Waals surface area contributed by atoms with Gasteiger partial charge in [0.05, 0.1) is 0 Å². The fourth-order valence-corrected chi connectivity index (χ4v) is 1.55. The number of esters is 2. The van der Waals surface area contributed by atoms with E-state index in [1.54, 1.807) is 0 Å². The van der Waals surface area contributed by atoms with Crippen LogP contribution in [-0.4, -0.2) is 60.0 Å². The first-order valence-corrected chi connectivity index (χ1v) is 7.20. The number of hydrogen-bond donors (Lipinski definition) is 2. The lowest BCUT2D eigenvalue weighted by atomic mass is 10.1. The molecular weight excluding hydrogens is 382 g/mol. The molecular formula is C15H19F4NO7. The monoisotopic (exact) mass is 401 g/mol. The molecule has 27 heavy (non-hydrogen) atoms. The average Bonchev–Trinajstić information content (AvgIpc) is 2.53. The highest BCUT2D eigenvalue weighted by Gasteiger charge is 2.55. The van der Waals surface area contributed by atoms with Crippen LogP contribution in [0.4, 0.5) is 22.4 Å². The molecule has 0 aromatic heterocycles. The zero-order chi connectivity index (χ0) is 21.5. The van der Waals surface area contributed by atoms with E-state index in [0.29, 0.717) is 0 Å². The van der Waals surface area contributed by atoms with Gasteiger partial charge in [-0.15, -0.1) is 0 Å². The Morgan fingerprint density at radius 1 is 1.04 bits per heavy atom. The van der Waals surface area contributed by atoms with Gasteiger partial charge in [-0.25, -0.2) is 23.2 Å². The summed E-state index contributed by atoms with van der Waals surface area (Å²) in [5.74, 6) is -6.17. The molecule has 0 aromatic carbocycles. The molecule has 8 nitrogen and oxygen atoms in total. The van der Waals surface area contributed by atoms with E-state index in [0.717, 1.165) is 19.1 Å². The van der Waals surface area contributed by atoms with Gasteiger partial charge in [0.1, 0.15) is 18.8 Å². The Morgan fingerprint density at radius 2 is 1.44 bits per heavy atom. The molecule has 0 aliphatic carbocycles. The molecule has 0 heterocycles. The van der Waals surface area contributed by atoms with Crippen molar-refractivity contribution in [2.45, 2.75) is 37.5 Å². The molecule has 0 rings (SSSR count). The lowest BCUT2D eigenvalue weighted by molar-refractivity contribution is -0.302. The number of nitrogens with one attached hydrogen (secondary N) is 1. The molecule has 0 radical (unpaired) electrons. The molecule has 0 aliphatic heterocycles. The van der Waals surface area contributed by atoms with E-state index in [-0.39, 0.29) is 6.92 Å². The SMILES string of the molecule is C=CC(=O)OCC(C)(COC(=O)C=C)NC(=O)OC(C(C)(F)F)C(O)(F)F. The summed E-state index contributed by atoms with van der Waals surface area (Å²) in [4.78, 5) is 34.0. The maximum atomic E-state index is 13.2. The Kier molecular flexibility index (Phi) is 8.44. The summed E-state index contributed by atoms with van der Waals surface area (Å²) < 4.78 is 65.4. The van der Waals surface area contributed by atoms with Crippen LogP contribution in [0.2, 0.25) is 0 Å². The van der Waals surface area contributed by atoms with Crippen molar-refractivity contribution in [2.24, 2.45) is 0 Å². The number of hydrogen-bond acceptors (Lipinski definition) is 7. The van der Waals surface area contributed by atoms with Crippen LogP contribution >= 0.6 is 0 Å². The van der Waals surface area contributed by atoms with Gasteiger partial charge in [-0.2, -0.15) is 8.78 Å². The normalized spacial score (nSPS) is 13.1. The molecule has 0 aromatic rings. The zero-order valence-electron chi connectivity index (χ0n) is 14.5. The van der Waals surface area contributed by atoms with Gasteiger partial charge in [0.15, 0.2) is 0 Å². The Labute approximate surface area is 151 Å². The number of carbonyl (C=O) groups is 3. The van der Waals surface area contributed by atoms with Gasteiger partial charge in [-0.3, -0.25) is 0 Å². The fourth-order valence-electron chi connectivity index (χ4n) is 1.55. The smallest absolute Gasteiger partial charge is 0.408 e. The topological polar surface area (TPSA) is 111 Å². The van der Waals surface area contributed by atoms with Gasteiger partial charge in [0, 0.05) is 19.1 Å². The van der Waals surface area contributed by atoms with Crippen molar-refractivity contribution >= 4 is 18.0 Å². The van der Waals surface area contributed by atoms with Crippen molar-refractivity contribution in [3.63, 3.8) is 0 Å². The highest BCUT2D eigenvalue weighted by Crippen LogP contribution is 2.31. The first-order chi connectivity index (χ1) is 12.1. The maximum absolute atomic E-state index is 13.2. The van der Waals surface area contributed by atoms with Gasteiger partial charge in [-0.1, -0.05) is 13.2 Å². The van der Waals surface area contributed by atoms with Crippen LogP contribution in [0.15, 0.2) is 25.3 Å². The Hall–Kier alpha value is -2.63. The number of aliphatic hydroxyl groups is 1. The molecule has 0 spiro atoms. The minimum atomic E-state index is -5.05. The summed E-state index contributed by atoms with van der Waals surface area (Å²) >= 11 is 0. The van der Waals surface area contributed by atoms with Crippen molar-refractivity contribution in [3.05, 3.63) is 25.3 Å². The third-order valence-electron chi connectivity index (χ3n) is 2.80. The summed E-state index contributed by atoms with van der Waals surface area (Å²) in [5.41, 5.74) is -1.76. The second-order valence-corrected chi connectivity index (χ2v) is 5.64. The minimum Gasteiger partial charge on any atom is -0.460 e. The van der Waals surface area contributed by atoms with Gasteiger partial charge in [-0.05, 0) is 6.92 Å². The molecule has 1 unspecified atom stereocenters. The largest absolute Gasteiger partial charge is 0.460 e. The summed E-state index contributed by atoms with van der Waals surface area (Å²) in [5, 5.41) is 10.4. The molecule has 1 atom stereocenters. The van der Waals surface area contributed by atoms with Crippen molar-refractivity contribution in [3.8, 4) is 0 Å². The second-order valence-electron chi connectivity index (χ2n) is 5.64. The van der Waals surface area contributed by atoms with Crippen LogP contribution in [0.5, 0.6) is 0 Å². The van der Waals surface area contributed by atoms with Gasteiger partial charge in [0.2, 0.25) is 0 Å². The minimum absolute atomic E-state index is 0.00595. The standard InChI is InChI=1S/C15H19F4NO7/c1-5-9(21)25-7-13(3,8-26-10(22)6-2)20-12(23)27-11(14(4,16)17)15(18,19)24/h5-6,11,24H,1-2,7-8H2,3-4H3,(H,20,23). The lowest BCUT2D eigenvalue weighted by Gasteiger charge is -2.31. The third kappa shape index (κ3) is 9.03. The number of ether oxygens (including phenoxy) is 3. The van der Waals surface area contributed by atoms with E-state index in [9.17, 15) is 31.9 Å². The molecule has 0 saturated heterocycles. The van der Waals surface area contributed by atoms with Crippen molar-refractivity contribution in [1.29, 1.82) is 0 Å². The highest BCUT2D eigenvalue weighted by molar-refractivity contribution is 5.82. The Bertz CT molecular complexity index is 546. The van der Waals surface area contributed by atoms with Gasteiger partial charge >= 0.3 is 24.1 Å². The summed E-state index contributed by atoms with van der Waals surface area (Å²) in [6.07, 6.45) is -8.82. The number of halogens is 4. The number of alkyl carbamates (subject to hydrolysis) is 1. The van der Waals surface area contributed by atoms with Crippen molar-refractivity contribution < 1.29 is 51.3 Å². The van der Waals surface area contributed by atoms with E-state index in [1.807, 2.05) is 5.32 Å². The third-order valence-corrected chi connectivity index (χ3v) is 2.80. The van der Waals surface area contributed by atoms with Crippen LogP contribution in [0.25, 0.3) is 0 Å². The van der Waals surface area contributed by atoms with Gasteiger partial charge in [0.25, 0.3) is 12.0 Å². The summed E-state index contributed by atoms with van der Waals surface area (Å²) in [6.45, 7) is 6.06. The molecule has 1 amide bonds. The maximum Gasteiger partial charge on any atom is 0.408 e. The molecule has 2 N–H and O–H groups in total. The molecule has 154 valence electrons. The van der Waals surface area contributed by atoms with Crippen LogP contribution in [0, 0.1) is 0 Å².